The summed E-state index contributed by atoms with van der Waals surface area (Å²) in [5.41, 5.74) is 6.92. The number of hydrogen-bond acceptors (Lipinski definition) is 3. The molecule has 0 aliphatic heterocycles. The van der Waals surface area contributed by atoms with Gasteiger partial charge in [-0.05, 0) is 47.0 Å². The van der Waals surface area contributed by atoms with E-state index in [1.165, 1.54) is 6.42 Å². The summed E-state index contributed by atoms with van der Waals surface area (Å²) in [5, 5.41) is 9.26. The number of hydrogen-bond donors (Lipinski definition) is 2. The molecule has 5 heteroatoms. The third kappa shape index (κ3) is 3.52. The molecule has 4 nitrogen and oxygen atoms in total. The number of aliphatic hydroxyl groups is 1. The predicted molar refractivity (Wildman–Crippen MR) is 83.5 cm³/mol. The first-order chi connectivity index (χ1) is 9.63. The Morgan fingerprint density at radius 3 is 2.70 bits per heavy atom. The van der Waals surface area contributed by atoms with Crippen LogP contribution < -0.4 is 5.73 Å². The van der Waals surface area contributed by atoms with Crippen LogP contribution in [0, 0.1) is 0 Å². The Labute approximate surface area is 128 Å². The molecule has 1 aliphatic rings. The molecule has 110 valence electrons. The molecule has 1 amide bonds. The van der Waals surface area contributed by atoms with Gasteiger partial charge in [0.15, 0.2) is 0 Å². The minimum absolute atomic E-state index is 0.0117. The first kappa shape index (κ1) is 15.3. The maximum absolute atomic E-state index is 12.7. The van der Waals surface area contributed by atoms with E-state index in [4.69, 9.17) is 5.73 Å². The normalized spacial score (nSPS) is 16.1. The molecule has 1 fully saturated rings. The first-order valence-corrected chi connectivity index (χ1v) is 7.89. The number of nitrogens with two attached hydrogens (primary N) is 1. The summed E-state index contributed by atoms with van der Waals surface area (Å²) in [4.78, 5) is 14.5. The van der Waals surface area contributed by atoms with Crippen molar-refractivity contribution >= 4 is 27.5 Å². The molecule has 0 heterocycles. The molecule has 0 bridgehead atoms. The molecular weight excluding hydrogens is 320 g/mol. The molecule has 0 unspecified atom stereocenters. The Balaban J connectivity index is 2.23. The van der Waals surface area contributed by atoms with E-state index < -0.39 is 0 Å². The zero-order valence-corrected chi connectivity index (χ0v) is 13.1. The van der Waals surface area contributed by atoms with E-state index in [0.29, 0.717) is 17.8 Å². The van der Waals surface area contributed by atoms with Gasteiger partial charge in [0.05, 0.1) is 12.2 Å². The van der Waals surface area contributed by atoms with Crippen molar-refractivity contribution in [3.63, 3.8) is 0 Å². The fourth-order valence-electron chi connectivity index (χ4n) is 2.81. The van der Waals surface area contributed by atoms with Crippen LogP contribution in [0.25, 0.3) is 0 Å². The molecular formula is C15H21BrN2O2. The highest BCUT2D eigenvalue weighted by molar-refractivity contribution is 9.10. The Morgan fingerprint density at radius 1 is 1.35 bits per heavy atom. The Kier molecular flexibility index (Phi) is 5.43. The molecule has 0 aromatic heterocycles. The summed E-state index contributed by atoms with van der Waals surface area (Å²) in [6, 6.07) is 5.48. The summed E-state index contributed by atoms with van der Waals surface area (Å²) in [6.07, 6.45) is 5.58. The maximum Gasteiger partial charge on any atom is 0.255 e. The number of carbonyl (C=O) groups excluding carboxylic acids is 1. The molecule has 1 aromatic rings. The van der Waals surface area contributed by atoms with Gasteiger partial charge >= 0.3 is 0 Å². The van der Waals surface area contributed by atoms with Crippen LogP contribution in [0.1, 0.15) is 42.5 Å². The lowest BCUT2D eigenvalue weighted by Gasteiger charge is -2.34. The quantitative estimate of drug-likeness (QED) is 0.828. The van der Waals surface area contributed by atoms with Gasteiger partial charge in [-0.25, -0.2) is 0 Å². The van der Waals surface area contributed by atoms with Crippen molar-refractivity contribution in [3.05, 3.63) is 28.2 Å². The van der Waals surface area contributed by atoms with Crippen molar-refractivity contribution in [1.82, 2.24) is 4.90 Å². The monoisotopic (exact) mass is 340 g/mol. The highest BCUT2D eigenvalue weighted by atomic mass is 79.9. The zero-order valence-electron chi connectivity index (χ0n) is 11.5. The standard InChI is InChI=1S/C15H21BrN2O2/c16-14-7-6-11(17)10-13(14)15(20)18(8-9-19)12-4-2-1-3-5-12/h6-7,10,12,19H,1-5,8-9,17H2. The van der Waals surface area contributed by atoms with Crippen LogP contribution in [0.5, 0.6) is 0 Å². The molecule has 20 heavy (non-hydrogen) atoms. The van der Waals surface area contributed by atoms with Gasteiger partial charge in [0, 0.05) is 22.7 Å². The molecule has 2 rings (SSSR count). The van der Waals surface area contributed by atoms with Gasteiger partial charge in [-0.15, -0.1) is 0 Å². The van der Waals surface area contributed by atoms with Crippen molar-refractivity contribution in [2.24, 2.45) is 0 Å². The van der Waals surface area contributed by atoms with Crippen LogP contribution in [0.4, 0.5) is 5.69 Å². The predicted octanol–water partition coefficient (Wildman–Crippen LogP) is 2.80. The lowest BCUT2D eigenvalue weighted by molar-refractivity contribution is 0.0584. The number of benzene rings is 1. The summed E-state index contributed by atoms with van der Waals surface area (Å²) < 4.78 is 0.746. The minimum atomic E-state index is -0.0508. The van der Waals surface area contributed by atoms with Crippen molar-refractivity contribution in [3.8, 4) is 0 Å². The van der Waals surface area contributed by atoms with E-state index in [0.717, 1.165) is 30.2 Å². The average molecular weight is 341 g/mol. The largest absolute Gasteiger partial charge is 0.399 e. The summed E-state index contributed by atoms with van der Waals surface area (Å²) in [7, 11) is 0. The molecule has 1 aromatic carbocycles. The second-order valence-electron chi connectivity index (χ2n) is 5.25. The van der Waals surface area contributed by atoms with E-state index in [-0.39, 0.29) is 18.6 Å². The summed E-state index contributed by atoms with van der Waals surface area (Å²) in [6.45, 7) is 0.368. The second kappa shape index (κ2) is 7.09. The summed E-state index contributed by atoms with van der Waals surface area (Å²) in [5.74, 6) is -0.0508. The topological polar surface area (TPSA) is 66.6 Å². The number of aliphatic hydroxyl groups excluding tert-OH is 1. The number of nitrogens with zero attached hydrogens (tertiary/aromatic N) is 1. The molecule has 0 atom stereocenters. The first-order valence-electron chi connectivity index (χ1n) is 7.10. The van der Waals surface area contributed by atoms with Crippen LogP contribution in [-0.2, 0) is 0 Å². The van der Waals surface area contributed by atoms with Crippen LogP contribution in [0.3, 0.4) is 0 Å². The number of rotatable bonds is 4. The fourth-order valence-corrected chi connectivity index (χ4v) is 3.23. The van der Waals surface area contributed by atoms with Crippen molar-refractivity contribution < 1.29 is 9.90 Å². The van der Waals surface area contributed by atoms with Crippen molar-refractivity contribution in [1.29, 1.82) is 0 Å². The van der Waals surface area contributed by atoms with Crippen molar-refractivity contribution in [2.75, 3.05) is 18.9 Å². The van der Waals surface area contributed by atoms with Crippen LogP contribution in [-0.4, -0.2) is 35.1 Å². The fraction of sp³-hybridized carbons (Fsp3) is 0.533. The van der Waals surface area contributed by atoms with Gasteiger partial charge < -0.3 is 15.7 Å². The third-order valence-corrected chi connectivity index (χ3v) is 4.53. The minimum Gasteiger partial charge on any atom is -0.399 e. The molecule has 3 N–H and O–H groups in total. The van der Waals surface area contributed by atoms with E-state index in [9.17, 15) is 9.90 Å². The van der Waals surface area contributed by atoms with Gasteiger partial charge in [0.25, 0.3) is 5.91 Å². The lowest BCUT2D eigenvalue weighted by Crippen LogP contribution is -2.43. The smallest absolute Gasteiger partial charge is 0.255 e. The Morgan fingerprint density at radius 2 is 2.05 bits per heavy atom. The Bertz CT molecular complexity index is 473. The van der Waals surface area contributed by atoms with Crippen LogP contribution in [0.2, 0.25) is 0 Å². The maximum atomic E-state index is 12.7. The number of anilines is 1. The zero-order chi connectivity index (χ0) is 14.5. The van der Waals surface area contributed by atoms with Gasteiger partial charge in [0.1, 0.15) is 0 Å². The Hall–Kier alpha value is -1.07. The van der Waals surface area contributed by atoms with Crippen molar-refractivity contribution in [2.45, 2.75) is 38.1 Å². The van der Waals surface area contributed by atoms with E-state index in [1.54, 1.807) is 23.1 Å². The highest BCUT2D eigenvalue weighted by Crippen LogP contribution is 2.27. The lowest BCUT2D eigenvalue weighted by atomic mass is 9.93. The van der Waals surface area contributed by atoms with Gasteiger partial charge in [-0.1, -0.05) is 19.3 Å². The van der Waals surface area contributed by atoms with Crippen LogP contribution >= 0.6 is 15.9 Å². The molecule has 1 saturated carbocycles. The average Bonchev–Trinajstić information content (AvgIpc) is 2.47. The van der Waals surface area contributed by atoms with Gasteiger partial charge in [-0.3, -0.25) is 4.79 Å². The highest BCUT2D eigenvalue weighted by Gasteiger charge is 2.26. The number of carbonyl (C=O) groups is 1. The molecule has 0 saturated heterocycles. The number of amides is 1. The molecule has 0 spiro atoms. The van der Waals surface area contributed by atoms with E-state index in [2.05, 4.69) is 15.9 Å². The van der Waals surface area contributed by atoms with Gasteiger partial charge in [0.2, 0.25) is 0 Å². The molecule has 1 aliphatic carbocycles. The third-order valence-electron chi connectivity index (χ3n) is 3.84. The molecule has 0 radical (unpaired) electrons. The van der Waals surface area contributed by atoms with E-state index >= 15 is 0 Å². The van der Waals surface area contributed by atoms with Gasteiger partial charge in [-0.2, -0.15) is 0 Å². The number of halogens is 1. The second-order valence-corrected chi connectivity index (χ2v) is 6.11. The van der Waals surface area contributed by atoms with Crippen LogP contribution in [0.15, 0.2) is 22.7 Å². The SMILES string of the molecule is Nc1ccc(Br)c(C(=O)N(CCO)C2CCCCC2)c1. The number of nitrogen functional groups attached to an aromatic ring is 1. The summed E-state index contributed by atoms with van der Waals surface area (Å²) >= 11 is 3.41. The van der Waals surface area contributed by atoms with E-state index in [1.807, 2.05) is 0 Å².